The number of hydrogen-bond donors (Lipinski definition) is 1. The van der Waals surface area contributed by atoms with Gasteiger partial charge in [-0.05, 0) is 11.6 Å². The average molecular weight is 187 g/mol. The third-order valence-corrected chi connectivity index (χ3v) is 2.05. The van der Waals surface area contributed by atoms with Crippen LogP contribution in [0.3, 0.4) is 0 Å². The van der Waals surface area contributed by atoms with Crippen molar-refractivity contribution in [1.29, 1.82) is 0 Å². The summed E-state index contributed by atoms with van der Waals surface area (Å²) in [6.45, 7) is 0. The Kier molecular flexibility index (Phi) is 3.26. The topological polar surface area (TPSA) is 57.5 Å². The largest absolute Gasteiger partial charge is 0.412 e. The van der Waals surface area contributed by atoms with Crippen molar-refractivity contribution in [3.63, 3.8) is 0 Å². The summed E-state index contributed by atoms with van der Waals surface area (Å²) in [7, 11) is 0. The molecule has 14 heavy (non-hydrogen) atoms. The van der Waals surface area contributed by atoms with Gasteiger partial charge in [-0.1, -0.05) is 48.5 Å². The van der Waals surface area contributed by atoms with E-state index in [1.165, 1.54) is 5.56 Å². The molecule has 0 heterocycles. The van der Waals surface area contributed by atoms with Gasteiger partial charge in [-0.15, -0.1) is 0 Å². The molecule has 0 aliphatic heterocycles. The molecule has 0 saturated carbocycles. The highest BCUT2D eigenvalue weighted by molar-refractivity contribution is 5.75. The molecule has 2 aromatic carbocycles. The molecule has 0 aliphatic rings. The molecule has 0 radical (unpaired) electrons. The van der Waals surface area contributed by atoms with E-state index >= 15 is 0 Å². The van der Waals surface area contributed by atoms with E-state index < -0.39 is 0 Å². The van der Waals surface area contributed by atoms with E-state index in [0.29, 0.717) is 0 Å². The number of nitrogens with two attached hydrogens (primary N) is 1. The molecule has 0 spiro atoms. The molecule has 0 aliphatic carbocycles. The second-order valence-electron chi connectivity index (χ2n) is 2.95. The van der Waals surface area contributed by atoms with Gasteiger partial charge in [-0.3, -0.25) is 0 Å². The molecule has 2 heteroatoms. The van der Waals surface area contributed by atoms with Gasteiger partial charge >= 0.3 is 0 Å². The Morgan fingerprint density at radius 3 is 1.93 bits per heavy atom. The lowest BCUT2D eigenvalue weighted by molar-refractivity contribution is 0.824. The molecular weight excluding hydrogens is 174 g/mol. The smallest absolute Gasteiger partial charge is 0.0393 e. The normalized spacial score (nSPS) is 9.14. The van der Waals surface area contributed by atoms with Gasteiger partial charge in [0.2, 0.25) is 0 Å². The zero-order chi connectivity index (χ0) is 9.10. The average Bonchev–Trinajstić information content (AvgIpc) is 2.20. The minimum atomic E-state index is 0. The maximum absolute atomic E-state index is 5.85. The Labute approximate surface area is 83.3 Å². The van der Waals surface area contributed by atoms with E-state index in [0.717, 1.165) is 11.3 Å². The van der Waals surface area contributed by atoms with E-state index in [4.69, 9.17) is 5.73 Å². The van der Waals surface area contributed by atoms with Crippen molar-refractivity contribution in [3.05, 3.63) is 54.6 Å². The Balaban J connectivity index is 0.000000980. The molecule has 0 amide bonds. The summed E-state index contributed by atoms with van der Waals surface area (Å²) >= 11 is 0. The maximum atomic E-state index is 5.85. The van der Waals surface area contributed by atoms with Crippen molar-refractivity contribution >= 4 is 5.69 Å². The summed E-state index contributed by atoms with van der Waals surface area (Å²) in [6, 6.07) is 18.1. The lowest BCUT2D eigenvalue weighted by Gasteiger charge is -2.03. The number of hydrogen-bond acceptors (Lipinski definition) is 1. The molecule has 0 unspecified atom stereocenters. The van der Waals surface area contributed by atoms with Gasteiger partial charge in [0.15, 0.2) is 0 Å². The van der Waals surface area contributed by atoms with Crippen LogP contribution in [0.2, 0.25) is 0 Å². The van der Waals surface area contributed by atoms with Crippen LogP contribution in [0.5, 0.6) is 0 Å². The number of anilines is 1. The van der Waals surface area contributed by atoms with Gasteiger partial charge in [0, 0.05) is 11.3 Å². The Hall–Kier alpha value is -1.80. The van der Waals surface area contributed by atoms with E-state index in [9.17, 15) is 0 Å². The van der Waals surface area contributed by atoms with Gasteiger partial charge < -0.3 is 11.2 Å². The number of rotatable bonds is 1. The van der Waals surface area contributed by atoms with Crippen molar-refractivity contribution < 1.29 is 5.48 Å². The SMILES string of the molecule is Nc1ccccc1-c1ccccc1.O. The fraction of sp³-hybridized carbons (Fsp3) is 0. The van der Waals surface area contributed by atoms with Gasteiger partial charge in [0.25, 0.3) is 0 Å². The molecule has 2 nitrogen and oxygen atoms in total. The highest BCUT2D eigenvalue weighted by atomic mass is 16.0. The lowest BCUT2D eigenvalue weighted by atomic mass is 10.0. The second-order valence-corrected chi connectivity index (χ2v) is 2.95. The van der Waals surface area contributed by atoms with Crippen molar-refractivity contribution in [2.24, 2.45) is 0 Å². The zero-order valence-electron chi connectivity index (χ0n) is 7.77. The summed E-state index contributed by atoms with van der Waals surface area (Å²) < 4.78 is 0. The Morgan fingerprint density at radius 2 is 1.29 bits per heavy atom. The minimum Gasteiger partial charge on any atom is -0.412 e. The van der Waals surface area contributed by atoms with Crippen LogP contribution in [0, 0.1) is 0 Å². The van der Waals surface area contributed by atoms with Crippen molar-refractivity contribution in [1.82, 2.24) is 0 Å². The summed E-state index contributed by atoms with van der Waals surface area (Å²) in [5.41, 5.74) is 8.95. The van der Waals surface area contributed by atoms with Crippen LogP contribution in [0.15, 0.2) is 54.6 Å². The van der Waals surface area contributed by atoms with Gasteiger partial charge in [-0.2, -0.15) is 0 Å². The lowest BCUT2D eigenvalue weighted by Crippen LogP contribution is -1.88. The first-order valence-electron chi connectivity index (χ1n) is 4.28. The second kappa shape index (κ2) is 4.44. The molecule has 4 N–H and O–H groups in total. The van der Waals surface area contributed by atoms with E-state index in [1.54, 1.807) is 0 Å². The zero-order valence-corrected chi connectivity index (χ0v) is 7.77. The van der Waals surface area contributed by atoms with E-state index in [-0.39, 0.29) is 5.48 Å². The first kappa shape index (κ1) is 10.3. The van der Waals surface area contributed by atoms with E-state index in [2.05, 4.69) is 12.1 Å². The van der Waals surface area contributed by atoms with Gasteiger partial charge in [0.1, 0.15) is 0 Å². The molecule has 0 atom stereocenters. The van der Waals surface area contributed by atoms with Crippen LogP contribution in [0.4, 0.5) is 5.69 Å². The van der Waals surface area contributed by atoms with E-state index in [1.807, 2.05) is 42.5 Å². The predicted octanol–water partition coefficient (Wildman–Crippen LogP) is 2.11. The molecule has 2 rings (SSSR count). The van der Waals surface area contributed by atoms with Crippen molar-refractivity contribution in [2.45, 2.75) is 0 Å². The fourth-order valence-corrected chi connectivity index (χ4v) is 1.38. The third-order valence-electron chi connectivity index (χ3n) is 2.05. The molecule has 0 bridgehead atoms. The molecule has 0 aromatic heterocycles. The summed E-state index contributed by atoms with van der Waals surface area (Å²) in [6.07, 6.45) is 0. The summed E-state index contributed by atoms with van der Waals surface area (Å²) in [5, 5.41) is 0. The van der Waals surface area contributed by atoms with Crippen LogP contribution in [0.1, 0.15) is 0 Å². The number of benzene rings is 2. The molecule has 0 saturated heterocycles. The van der Waals surface area contributed by atoms with Crippen LogP contribution >= 0.6 is 0 Å². The quantitative estimate of drug-likeness (QED) is 0.683. The highest BCUT2D eigenvalue weighted by Crippen LogP contribution is 2.24. The van der Waals surface area contributed by atoms with Crippen LogP contribution in [0.25, 0.3) is 11.1 Å². The molecule has 72 valence electrons. The Bertz CT molecular complexity index is 398. The molecule has 2 aromatic rings. The van der Waals surface area contributed by atoms with Crippen LogP contribution in [-0.4, -0.2) is 5.48 Å². The third kappa shape index (κ3) is 1.92. The summed E-state index contributed by atoms with van der Waals surface area (Å²) in [5.74, 6) is 0. The Morgan fingerprint density at radius 1 is 0.714 bits per heavy atom. The fourth-order valence-electron chi connectivity index (χ4n) is 1.38. The minimum absolute atomic E-state index is 0. The maximum Gasteiger partial charge on any atom is 0.0393 e. The highest BCUT2D eigenvalue weighted by Gasteiger charge is 1.98. The predicted molar refractivity (Wildman–Crippen MR) is 59.9 cm³/mol. The molecular formula is C12H13NO. The molecule has 0 fully saturated rings. The summed E-state index contributed by atoms with van der Waals surface area (Å²) in [4.78, 5) is 0. The number of nitrogen functional groups attached to an aromatic ring is 1. The monoisotopic (exact) mass is 187 g/mol. The van der Waals surface area contributed by atoms with Gasteiger partial charge in [-0.25, -0.2) is 0 Å². The first-order valence-corrected chi connectivity index (χ1v) is 4.28. The standard InChI is InChI=1S/C12H11N.H2O/c13-12-9-5-4-8-11(12)10-6-2-1-3-7-10;/h1-9H,13H2;1H2. The van der Waals surface area contributed by atoms with Crippen molar-refractivity contribution in [3.8, 4) is 11.1 Å². The van der Waals surface area contributed by atoms with Crippen LogP contribution in [-0.2, 0) is 0 Å². The first-order chi connectivity index (χ1) is 6.38. The van der Waals surface area contributed by atoms with Crippen molar-refractivity contribution in [2.75, 3.05) is 5.73 Å². The number of para-hydroxylation sites is 1. The van der Waals surface area contributed by atoms with Crippen LogP contribution < -0.4 is 5.73 Å². The van der Waals surface area contributed by atoms with Gasteiger partial charge in [0.05, 0.1) is 0 Å².